The van der Waals surface area contributed by atoms with E-state index in [0.717, 1.165) is 51.4 Å². The van der Waals surface area contributed by atoms with Gasteiger partial charge in [0, 0.05) is 44.6 Å². The van der Waals surface area contributed by atoms with E-state index in [1.165, 1.54) is 0 Å². The topological polar surface area (TPSA) is 77.9 Å². The first-order chi connectivity index (χ1) is 14.7. The molecule has 30 heavy (non-hydrogen) atoms. The highest BCUT2D eigenvalue weighted by molar-refractivity contribution is 5.94. The number of nitrogens with one attached hydrogen (secondary N) is 1. The van der Waals surface area contributed by atoms with Crippen molar-refractivity contribution < 1.29 is 14.6 Å². The highest BCUT2D eigenvalue weighted by Gasteiger charge is 2.35. The average molecular weight is 411 g/mol. The molecule has 0 unspecified atom stereocenters. The molecule has 2 fully saturated rings. The third kappa shape index (κ3) is 5.36. The lowest BCUT2D eigenvalue weighted by Gasteiger charge is -2.37. The first kappa shape index (κ1) is 20.8. The Hall–Kier alpha value is -2.48. The van der Waals surface area contributed by atoms with Gasteiger partial charge < -0.3 is 20.1 Å². The van der Waals surface area contributed by atoms with Gasteiger partial charge in [-0.2, -0.15) is 0 Å². The van der Waals surface area contributed by atoms with Crippen molar-refractivity contribution in [2.75, 3.05) is 42.9 Å². The maximum Gasteiger partial charge on any atom is 0.256 e. The molecule has 160 valence electrons. The minimum Gasteiger partial charge on any atom is -0.390 e. The Balaban J connectivity index is 1.23. The minimum atomic E-state index is -0.815. The minimum absolute atomic E-state index is 0.00579. The van der Waals surface area contributed by atoms with E-state index in [-0.39, 0.29) is 12.0 Å². The molecule has 3 atom stereocenters. The van der Waals surface area contributed by atoms with Crippen LogP contribution >= 0.6 is 0 Å². The van der Waals surface area contributed by atoms with Crippen molar-refractivity contribution in [2.24, 2.45) is 0 Å². The van der Waals surface area contributed by atoms with Gasteiger partial charge in [-0.25, -0.2) is 4.98 Å². The Kier molecular flexibility index (Phi) is 6.94. The number of anilines is 2. The number of aromatic nitrogens is 1. The zero-order valence-corrected chi connectivity index (χ0v) is 17.2. The molecule has 0 spiro atoms. The largest absolute Gasteiger partial charge is 0.390 e. The number of hydrogen-bond acceptors (Lipinski definition) is 6. The van der Waals surface area contributed by atoms with E-state index in [4.69, 9.17) is 4.74 Å². The van der Waals surface area contributed by atoms with E-state index < -0.39 is 12.2 Å². The van der Waals surface area contributed by atoms with E-state index in [1.807, 2.05) is 48.7 Å². The van der Waals surface area contributed by atoms with Gasteiger partial charge in [0.25, 0.3) is 5.91 Å². The molecule has 7 nitrogen and oxygen atoms in total. The van der Waals surface area contributed by atoms with Gasteiger partial charge in [0.15, 0.2) is 6.10 Å². The van der Waals surface area contributed by atoms with Crippen molar-refractivity contribution in [1.29, 1.82) is 0 Å². The van der Waals surface area contributed by atoms with Gasteiger partial charge in [-0.05, 0) is 43.5 Å². The molecule has 7 heteroatoms. The van der Waals surface area contributed by atoms with Crippen molar-refractivity contribution in [3.63, 3.8) is 0 Å². The number of aliphatic hydroxyl groups excluding tert-OH is 1. The third-order valence-electron chi connectivity index (χ3n) is 5.89. The molecule has 4 rings (SSSR count). The van der Waals surface area contributed by atoms with Gasteiger partial charge in [-0.1, -0.05) is 24.3 Å². The highest BCUT2D eigenvalue weighted by atomic mass is 16.5. The number of pyridine rings is 1. The SMILES string of the molecule is O=C(Nc1ccccc1)[C@@H]1O[C@H](CCN2CCN(c3ccccn3)CC2)CC[C@@H]1O. The summed E-state index contributed by atoms with van der Waals surface area (Å²) in [6.45, 7) is 4.84. The lowest BCUT2D eigenvalue weighted by Crippen LogP contribution is -2.49. The maximum atomic E-state index is 12.6. The van der Waals surface area contributed by atoms with Crippen LogP contribution in [0.1, 0.15) is 19.3 Å². The molecule has 0 aliphatic carbocycles. The lowest BCUT2D eigenvalue weighted by molar-refractivity contribution is -0.153. The second-order valence-electron chi connectivity index (χ2n) is 7.98. The fraction of sp³-hybridized carbons (Fsp3) is 0.478. The summed E-state index contributed by atoms with van der Waals surface area (Å²) in [6.07, 6.45) is 2.49. The molecule has 2 aliphatic rings. The van der Waals surface area contributed by atoms with Crippen molar-refractivity contribution in [3.05, 3.63) is 54.7 Å². The normalized spacial score (nSPS) is 25.1. The Labute approximate surface area is 177 Å². The number of aliphatic hydroxyl groups is 1. The molecule has 2 N–H and O–H groups in total. The second-order valence-corrected chi connectivity index (χ2v) is 7.98. The molecule has 1 amide bonds. The summed E-state index contributed by atoms with van der Waals surface area (Å²) in [5, 5.41) is 13.1. The molecule has 3 heterocycles. The fourth-order valence-electron chi connectivity index (χ4n) is 4.13. The molecule has 1 aromatic heterocycles. The number of amides is 1. The fourth-order valence-corrected chi connectivity index (χ4v) is 4.13. The number of piperazine rings is 1. The quantitative estimate of drug-likeness (QED) is 0.760. The molecule has 0 bridgehead atoms. The van der Waals surface area contributed by atoms with Crippen LogP contribution in [0.5, 0.6) is 0 Å². The van der Waals surface area contributed by atoms with E-state index >= 15 is 0 Å². The van der Waals surface area contributed by atoms with Crippen LogP contribution in [-0.4, -0.2) is 71.9 Å². The highest BCUT2D eigenvalue weighted by Crippen LogP contribution is 2.24. The van der Waals surface area contributed by atoms with E-state index in [9.17, 15) is 9.90 Å². The maximum absolute atomic E-state index is 12.6. The van der Waals surface area contributed by atoms with Gasteiger partial charge in [0.2, 0.25) is 0 Å². The Morgan fingerprint density at radius 3 is 2.57 bits per heavy atom. The number of carbonyl (C=O) groups is 1. The smallest absolute Gasteiger partial charge is 0.256 e. The van der Waals surface area contributed by atoms with Crippen LogP contribution in [0.2, 0.25) is 0 Å². The summed E-state index contributed by atoms with van der Waals surface area (Å²) in [5.41, 5.74) is 0.714. The number of para-hydroxylation sites is 1. The standard InChI is InChI=1S/C23H30N4O3/c28-20-10-9-19(30-22(20)23(29)25-18-6-2-1-3-7-18)11-13-26-14-16-27(17-15-26)21-8-4-5-12-24-21/h1-8,12,19-20,22,28H,9-11,13-17H2,(H,25,29)/t19-,20-,22+/m0/s1. The van der Waals surface area contributed by atoms with Crippen LogP contribution in [0.15, 0.2) is 54.7 Å². The van der Waals surface area contributed by atoms with Crippen molar-refractivity contribution in [1.82, 2.24) is 9.88 Å². The second kappa shape index (κ2) is 10.0. The molecule has 0 saturated carbocycles. The van der Waals surface area contributed by atoms with Gasteiger partial charge in [-0.3, -0.25) is 9.69 Å². The Bertz CT molecular complexity index is 797. The number of benzene rings is 1. The van der Waals surface area contributed by atoms with Crippen LogP contribution in [0.3, 0.4) is 0 Å². The molecule has 2 saturated heterocycles. The first-order valence-electron chi connectivity index (χ1n) is 10.8. The molecule has 2 aliphatic heterocycles. The summed E-state index contributed by atoms with van der Waals surface area (Å²) in [6, 6.07) is 15.3. The number of nitrogens with zero attached hydrogens (tertiary/aromatic N) is 3. The average Bonchev–Trinajstić information content (AvgIpc) is 2.80. The molecular formula is C23H30N4O3. The van der Waals surface area contributed by atoms with Crippen LogP contribution in [0.4, 0.5) is 11.5 Å². The summed E-state index contributed by atoms with van der Waals surface area (Å²) in [7, 11) is 0. The van der Waals surface area contributed by atoms with Crippen LogP contribution in [0.25, 0.3) is 0 Å². The molecular weight excluding hydrogens is 380 g/mol. The van der Waals surface area contributed by atoms with Crippen LogP contribution in [0, 0.1) is 0 Å². The van der Waals surface area contributed by atoms with Gasteiger partial charge >= 0.3 is 0 Å². The molecule has 1 aromatic carbocycles. The third-order valence-corrected chi connectivity index (χ3v) is 5.89. The number of carbonyl (C=O) groups excluding carboxylic acids is 1. The first-order valence-corrected chi connectivity index (χ1v) is 10.8. The van der Waals surface area contributed by atoms with Gasteiger partial charge in [-0.15, -0.1) is 0 Å². The monoisotopic (exact) mass is 410 g/mol. The van der Waals surface area contributed by atoms with Gasteiger partial charge in [0.1, 0.15) is 5.82 Å². The number of hydrogen-bond donors (Lipinski definition) is 2. The predicted molar refractivity (Wildman–Crippen MR) is 116 cm³/mol. The predicted octanol–water partition coefficient (Wildman–Crippen LogP) is 2.14. The summed E-state index contributed by atoms with van der Waals surface area (Å²) < 4.78 is 6.01. The van der Waals surface area contributed by atoms with E-state index in [2.05, 4.69) is 26.2 Å². The number of ether oxygens (including phenoxy) is 1. The summed E-state index contributed by atoms with van der Waals surface area (Å²) in [4.78, 5) is 21.8. The molecule has 2 aromatic rings. The van der Waals surface area contributed by atoms with Crippen molar-refractivity contribution >= 4 is 17.4 Å². The molecule has 0 radical (unpaired) electrons. The zero-order chi connectivity index (χ0) is 20.8. The zero-order valence-electron chi connectivity index (χ0n) is 17.2. The Morgan fingerprint density at radius 1 is 1.07 bits per heavy atom. The van der Waals surface area contributed by atoms with Crippen molar-refractivity contribution in [2.45, 2.75) is 37.6 Å². The van der Waals surface area contributed by atoms with Crippen LogP contribution < -0.4 is 10.2 Å². The van der Waals surface area contributed by atoms with Gasteiger partial charge in [0.05, 0.1) is 12.2 Å². The van der Waals surface area contributed by atoms with Crippen molar-refractivity contribution in [3.8, 4) is 0 Å². The van der Waals surface area contributed by atoms with Crippen LogP contribution in [-0.2, 0) is 9.53 Å². The van der Waals surface area contributed by atoms with E-state index in [0.29, 0.717) is 12.1 Å². The lowest BCUT2D eigenvalue weighted by atomic mass is 9.98. The Morgan fingerprint density at radius 2 is 1.83 bits per heavy atom. The van der Waals surface area contributed by atoms with E-state index in [1.54, 1.807) is 0 Å². The number of rotatable bonds is 6. The summed E-state index contributed by atoms with van der Waals surface area (Å²) in [5.74, 6) is 0.761. The summed E-state index contributed by atoms with van der Waals surface area (Å²) >= 11 is 0.